The number of carbonyl (C=O) groups is 1. The molecular weight excluding hydrogens is 324 g/mol. The third-order valence-electron chi connectivity index (χ3n) is 3.78. The third kappa shape index (κ3) is 3.38. The fourth-order valence-electron chi connectivity index (χ4n) is 2.55. The van der Waals surface area contributed by atoms with Crippen molar-refractivity contribution in [2.45, 2.75) is 6.92 Å². The first-order chi connectivity index (χ1) is 12.1. The maximum absolute atomic E-state index is 14.4. The van der Waals surface area contributed by atoms with Crippen LogP contribution < -0.4 is 4.90 Å². The molecule has 0 amide bonds. The molecule has 4 nitrogen and oxygen atoms in total. The van der Waals surface area contributed by atoms with Gasteiger partial charge in [-0.1, -0.05) is 6.07 Å². The quantitative estimate of drug-likeness (QED) is 0.647. The van der Waals surface area contributed by atoms with E-state index >= 15 is 0 Å². The number of halogens is 2. The van der Waals surface area contributed by atoms with Crippen LogP contribution in [0.15, 0.2) is 54.9 Å². The third-order valence-corrected chi connectivity index (χ3v) is 3.78. The largest absolute Gasteiger partial charge is 0.325 e. The van der Waals surface area contributed by atoms with Gasteiger partial charge in [0.2, 0.25) is 0 Å². The molecule has 0 saturated heterocycles. The van der Waals surface area contributed by atoms with Gasteiger partial charge in [0.05, 0.1) is 23.7 Å². The summed E-state index contributed by atoms with van der Waals surface area (Å²) in [6, 6.07) is 10.5. The average molecular weight is 339 g/mol. The molecule has 126 valence electrons. The van der Waals surface area contributed by atoms with Crippen molar-refractivity contribution in [3.05, 3.63) is 72.1 Å². The molecule has 0 atom stereocenters. The Balaban J connectivity index is 2.04. The van der Waals surface area contributed by atoms with Gasteiger partial charge in [-0.2, -0.15) is 0 Å². The summed E-state index contributed by atoms with van der Waals surface area (Å²) in [4.78, 5) is 21.4. The smallest absolute Gasteiger partial charge is 0.153 e. The van der Waals surface area contributed by atoms with Crippen LogP contribution in [-0.2, 0) is 0 Å². The lowest BCUT2D eigenvalue weighted by Crippen LogP contribution is -2.17. The summed E-state index contributed by atoms with van der Waals surface area (Å²) < 4.78 is 27.5. The van der Waals surface area contributed by atoms with Gasteiger partial charge < -0.3 is 4.90 Å². The van der Waals surface area contributed by atoms with Gasteiger partial charge in [0.15, 0.2) is 12.1 Å². The molecule has 0 N–H and O–H groups in total. The number of aromatic nitrogens is 2. The molecule has 0 radical (unpaired) electrons. The van der Waals surface area contributed by atoms with Crippen LogP contribution in [0.4, 0.5) is 20.3 Å². The molecule has 6 heteroatoms. The summed E-state index contributed by atoms with van der Waals surface area (Å²) >= 11 is 0. The lowest BCUT2D eigenvalue weighted by Gasteiger charge is -2.22. The normalized spacial score (nSPS) is 10.5. The number of benzene rings is 2. The zero-order chi connectivity index (χ0) is 17.8. The summed E-state index contributed by atoms with van der Waals surface area (Å²) in [5.74, 6) is -0.455. The van der Waals surface area contributed by atoms with Gasteiger partial charge in [0.1, 0.15) is 11.6 Å². The van der Waals surface area contributed by atoms with E-state index in [1.807, 2.05) is 11.8 Å². The van der Waals surface area contributed by atoms with Crippen LogP contribution in [0.3, 0.4) is 0 Å². The van der Waals surface area contributed by atoms with E-state index in [4.69, 9.17) is 0 Å². The fraction of sp³-hybridized carbons (Fsp3) is 0.105. The molecule has 0 spiro atoms. The zero-order valence-electron chi connectivity index (χ0n) is 13.5. The van der Waals surface area contributed by atoms with Crippen LogP contribution in [0.2, 0.25) is 0 Å². The lowest BCUT2D eigenvalue weighted by atomic mass is 10.1. The number of nitrogens with zero attached hydrogens (tertiary/aromatic N) is 3. The molecule has 0 fully saturated rings. The Morgan fingerprint density at radius 3 is 2.52 bits per heavy atom. The van der Waals surface area contributed by atoms with Crippen molar-refractivity contribution >= 4 is 17.8 Å². The van der Waals surface area contributed by atoms with Crippen molar-refractivity contribution in [2.75, 3.05) is 11.4 Å². The number of hydrogen-bond donors (Lipinski definition) is 0. The van der Waals surface area contributed by atoms with Gasteiger partial charge in [0, 0.05) is 17.8 Å². The van der Waals surface area contributed by atoms with Gasteiger partial charge in [0.25, 0.3) is 0 Å². The Morgan fingerprint density at radius 1 is 1.08 bits per heavy atom. The van der Waals surface area contributed by atoms with Crippen LogP contribution in [0.25, 0.3) is 11.3 Å². The minimum absolute atomic E-state index is 0.0319. The standard InChI is InChI=1S/C19H15F2N3O/c1-2-24(15-8-6-14(20)7-9-15)18-11-22-10-17(23-18)16-5-3-4-13(12-25)19(16)21/h3-12H,2H2,1H3. The first-order valence-electron chi connectivity index (χ1n) is 7.73. The second-order valence-corrected chi connectivity index (χ2v) is 5.31. The van der Waals surface area contributed by atoms with Crippen molar-refractivity contribution in [3.8, 4) is 11.3 Å². The van der Waals surface area contributed by atoms with Crippen molar-refractivity contribution < 1.29 is 13.6 Å². The predicted molar refractivity (Wildman–Crippen MR) is 91.9 cm³/mol. The molecule has 0 bridgehead atoms. The molecule has 0 unspecified atom stereocenters. The molecular formula is C19H15F2N3O. The summed E-state index contributed by atoms with van der Waals surface area (Å²) in [6.45, 7) is 2.49. The van der Waals surface area contributed by atoms with Crippen LogP contribution in [0, 0.1) is 11.6 Å². The second kappa shape index (κ2) is 7.17. The molecule has 3 rings (SSSR count). The molecule has 1 aromatic heterocycles. The molecule has 2 aromatic carbocycles. The van der Waals surface area contributed by atoms with Crippen molar-refractivity contribution in [2.24, 2.45) is 0 Å². The highest BCUT2D eigenvalue weighted by Gasteiger charge is 2.14. The molecule has 0 aliphatic heterocycles. The number of aldehydes is 1. The van der Waals surface area contributed by atoms with Crippen molar-refractivity contribution in [1.29, 1.82) is 0 Å². The maximum atomic E-state index is 14.4. The van der Waals surface area contributed by atoms with Crippen LogP contribution in [0.5, 0.6) is 0 Å². The van der Waals surface area contributed by atoms with E-state index in [0.29, 0.717) is 24.3 Å². The summed E-state index contributed by atoms with van der Waals surface area (Å²) in [7, 11) is 0. The number of carbonyl (C=O) groups excluding carboxylic acids is 1. The minimum atomic E-state index is -0.631. The highest BCUT2D eigenvalue weighted by molar-refractivity contribution is 5.79. The Kier molecular flexibility index (Phi) is 4.79. The second-order valence-electron chi connectivity index (χ2n) is 5.31. The molecule has 25 heavy (non-hydrogen) atoms. The first kappa shape index (κ1) is 16.7. The summed E-state index contributed by atoms with van der Waals surface area (Å²) in [6.07, 6.45) is 3.46. The van der Waals surface area contributed by atoms with Crippen LogP contribution >= 0.6 is 0 Å². The number of anilines is 2. The Labute approximate surface area is 143 Å². The van der Waals surface area contributed by atoms with Gasteiger partial charge in [-0.3, -0.25) is 9.78 Å². The monoisotopic (exact) mass is 339 g/mol. The van der Waals surface area contributed by atoms with Crippen molar-refractivity contribution in [1.82, 2.24) is 9.97 Å². The van der Waals surface area contributed by atoms with Gasteiger partial charge in [-0.25, -0.2) is 13.8 Å². The van der Waals surface area contributed by atoms with Gasteiger partial charge >= 0.3 is 0 Å². The first-order valence-corrected chi connectivity index (χ1v) is 7.73. The van der Waals surface area contributed by atoms with Crippen molar-refractivity contribution in [3.63, 3.8) is 0 Å². The Morgan fingerprint density at radius 2 is 1.84 bits per heavy atom. The molecule has 1 heterocycles. The Hall–Kier alpha value is -3.15. The molecule has 0 saturated carbocycles. The van der Waals surface area contributed by atoms with E-state index in [9.17, 15) is 13.6 Å². The highest BCUT2D eigenvalue weighted by Crippen LogP contribution is 2.27. The Bertz CT molecular complexity index is 897. The lowest BCUT2D eigenvalue weighted by molar-refractivity contribution is 0.112. The highest BCUT2D eigenvalue weighted by atomic mass is 19.1. The maximum Gasteiger partial charge on any atom is 0.153 e. The SMILES string of the molecule is CCN(c1ccc(F)cc1)c1cncc(-c2cccc(C=O)c2F)n1. The number of rotatable bonds is 5. The average Bonchev–Trinajstić information content (AvgIpc) is 2.64. The fourth-order valence-corrected chi connectivity index (χ4v) is 2.55. The van der Waals surface area contributed by atoms with E-state index < -0.39 is 5.82 Å². The molecule has 0 aliphatic rings. The minimum Gasteiger partial charge on any atom is -0.325 e. The van der Waals surface area contributed by atoms with E-state index in [2.05, 4.69) is 9.97 Å². The topological polar surface area (TPSA) is 46.1 Å². The van der Waals surface area contributed by atoms with Crippen LogP contribution in [0.1, 0.15) is 17.3 Å². The van der Waals surface area contributed by atoms with E-state index in [-0.39, 0.29) is 16.9 Å². The number of hydrogen-bond acceptors (Lipinski definition) is 4. The summed E-state index contributed by atoms with van der Waals surface area (Å²) in [5.41, 5.74) is 1.24. The molecule has 3 aromatic rings. The molecule has 0 aliphatic carbocycles. The van der Waals surface area contributed by atoms with Gasteiger partial charge in [-0.05, 0) is 43.3 Å². The van der Waals surface area contributed by atoms with Gasteiger partial charge in [-0.15, -0.1) is 0 Å². The van der Waals surface area contributed by atoms with E-state index in [1.54, 1.807) is 30.5 Å². The van der Waals surface area contributed by atoms with E-state index in [0.717, 1.165) is 5.69 Å². The predicted octanol–water partition coefficient (Wildman–Crippen LogP) is 4.39. The summed E-state index contributed by atoms with van der Waals surface area (Å²) in [5, 5.41) is 0. The van der Waals surface area contributed by atoms with E-state index in [1.165, 1.54) is 24.4 Å². The zero-order valence-corrected chi connectivity index (χ0v) is 13.5. The van der Waals surface area contributed by atoms with Crippen LogP contribution in [-0.4, -0.2) is 22.8 Å².